The minimum Gasteiger partial charge on any atom is -0.372 e. The summed E-state index contributed by atoms with van der Waals surface area (Å²) in [6.07, 6.45) is 7.14. The van der Waals surface area contributed by atoms with Gasteiger partial charge in [-0.2, -0.15) is 0 Å². The van der Waals surface area contributed by atoms with Crippen LogP contribution in [0.2, 0.25) is 5.02 Å². The number of carbonyl (C=O) groups excluding carboxylic acids is 1. The quantitative estimate of drug-likeness (QED) is 0.538. The Balaban J connectivity index is 0.000000245. The molecule has 1 aromatic rings. The van der Waals surface area contributed by atoms with Crippen molar-refractivity contribution < 1.29 is 10.0 Å². The van der Waals surface area contributed by atoms with Gasteiger partial charge < -0.3 is 9.69 Å². The van der Waals surface area contributed by atoms with Gasteiger partial charge in [-0.25, -0.2) is 0 Å². The Morgan fingerprint density at radius 2 is 1.75 bits per heavy atom. The Hall–Kier alpha value is -1.52. The SMILES string of the molecule is C=C(CCCCC(C)=O)NO.Clc1ccc(N2CCCCC2)cc1. The summed E-state index contributed by atoms with van der Waals surface area (Å²) < 4.78 is 0. The second kappa shape index (κ2) is 11.9. The number of hydroxylamine groups is 1. The van der Waals surface area contributed by atoms with Crippen LogP contribution in [0.3, 0.4) is 0 Å². The van der Waals surface area contributed by atoms with Crippen molar-refractivity contribution in [2.75, 3.05) is 18.0 Å². The number of allylic oxidation sites excluding steroid dienone is 1. The van der Waals surface area contributed by atoms with E-state index in [4.69, 9.17) is 16.8 Å². The number of rotatable bonds is 7. The zero-order chi connectivity index (χ0) is 17.8. The van der Waals surface area contributed by atoms with Gasteiger partial charge in [-0.1, -0.05) is 18.2 Å². The Morgan fingerprint density at radius 1 is 1.17 bits per heavy atom. The molecule has 0 aliphatic carbocycles. The molecule has 1 heterocycles. The molecule has 2 rings (SSSR count). The number of benzene rings is 1. The summed E-state index contributed by atoms with van der Waals surface area (Å²) >= 11 is 5.83. The van der Waals surface area contributed by atoms with E-state index in [0.717, 1.165) is 24.3 Å². The molecule has 5 heteroatoms. The molecule has 1 fully saturated rings. The summed E-state index contributed by atoms with van der Waals surface area (Å²) in [5, 5.41) is 9.15. The summed E-state index contributed by atoms with van der Waals surface area (Å²) in [5.74, 6) is 0.215. The first-order valence-corrected chi connectivity index (χ1v) is 8.98. The number of anilines is 1. The lowest BCUT2D eigenvalue weighted by Crippen LogP contribution is -2.29. The van der Waals surface area contributed by atoms with Crippen LogP contribution in [-0.2, 0) is 4.79 Å². The van der Waals surface area contributed by atoms with Crippen LogP contribution in [0.25, 0.3) is 0 Å². The maximum Gasteiger partial charge on any atom is 0.129 e. The van der Waals surface area contributed by atoms with Gasteiger partial charge in [0.05, 0.1) is 0 Å². The van der Waals surface area contributed by atoms with Crippen molar-refractivity contribution in [1.29, 1.82) is 0 Å². The van der Waals surface area contributed by atoms with Crippen LogP contribution < -0.4 is 10.4 Å². The van der Waals surface area contributed by atoms with E-state index in [0.29, 0.717) is 12.1 Å². The molecule has 0 aromatic heterocycles. The lowest BCUT2D eigenvalue weighted by molar-refractivity contribution is -0.117. The van der Waals surface area contributed by atoms with Gasteiger partial charge in [0.15, 0.2) is 0 Å². The lowest BCUT2D eigenvalue weighted by Gasteiger charge is -2.28. The summed E-state index contributed by atoms with van der Waals surface area (Å²) in [7, 11) is 0. The molecule has 1 aliphatic rings. The van der Waals surface area contributed by atoms with Crippen molar-refractivity contribution in [1.82, 2.24) is 5.48 Å². The first-order valence-electron chi connectivity index (χ1n) is 8.60. The summed E-state index contributed by atoms with van der Waals surface area (Å²) in [6, 6.07) is 8.14. The second-order valence-corrected chi connectivity index (χ2v) is 6.59. The minimum atomic E-state index is 0.215. The molecule has 1 aromatic carbocycles. The molecule has 2 N–H and O–H groups in total. The van der Waals surface area contributed by atoms with Gasteiger partial charge in [-0.3, -0.25) is 10.7 Å². The largest absolute Gasteiger partial charge is 0.372 e. The first kappa shape index (κ1) is 20.5. The highest BCUT2D eigenvalue weighted by Gasteiger charge is 2.09. The van der Waals surface area contributed by atoms with Crippen LogP contribution in [0, 0.1) is 0 Å². The van der Waals surface area contributed by atoms with Gasteiger partial charge in [-0.15, -0.1) is 0 Å². The van der Waals surface area contributed by atoms with Gasteiger partial charge in [-0.05, 0) is 69.7 Å². The summed E-state index contributed by atoms with van der Waals surface area (Å²) in [4.78, 5) is 12.9. The Kier molecular flexibility index (Phi) is 10.2. The molecule has 0 radical (unpaired) electrons. The highest BCUT2D eigenvalue weighted by atomic mass is 35.5. The first-order chi connectivity index (χ1) is 11.5. The van der Waals surface area contributed by atoms with Gasteiger partial charge in [0.25, 0.3) is 0 Å². The van der Waals surface area contributed by atoms with E-state index in [1.165, 1.54) is 38.0 Å². The molecule has 0 amide bonds. The highest BCUT2D eigenvalue weighted by Crippen LogP contribution is 2.21. The molecule has 4 nitrogen and oxygen atoms in total. The van der Waals surface area contributed by atoms with Crippen LogP contribution >= 0.6 is 11.6 Å². The monoisotopic (exact) mass is 352 g/mol. The topological polar surface area (TPSA) is 52.6 Å². The van der Waals surface area contributed by atoms with Gasteiger partial charge in [0, 0.05) is 35.9 Å². The number of unbranched alkanes of at least 4 members (excludes halogenated alkanes) is 1. The fraction of sp³-hybridized carbons (Fsp3) is 0.526. The predicted molar refractivity (Wildman–Crippen MR) is 101 cm³/mol. The van der Waals surface area contributed by atoms with E-state index in [2.05, 4.69) is 23.6 Å². The normalized spacial score (nSPS) is 13.7. The van der Waals surface area contributed by atoms with Gasteiger partial charge in [0.2, 0.25) is 0 Å². The fourth-order valence-corrected chi connectivity index (χ4v) is 2.70. The molecular formula is C19H29ClN2O2. The molecule has 1 aliphatic heterocycles. The Bertz CT molecular complexity index is 497. The van der Waals surface area contributed by atoms with Crippen molar-refractivity contribution in [2.24, 2.45) is 0 Å². The average Bonchev–Trinajstić information content (AvgIpc) is 2.60. The molecule has 134 valence electrons. The maximum atomic E-state index is 10.5. The van der Waals surface area contributed by atoms with Crippen LogP contribution in [0.15, 0.2) is 36.5 Å². The third kappa shape index (κ3) is 8.94. The second-order valence-electron chi connectivity index (χ2n) is 6.15. The van der Waals surface area contributed by atoms with Crippen molar-refractivity contribution in [3.05, 3.63) is 41.6 Å². The average molecular weight is 353 g/mol. The molecule has 0 unspecified atom stereocenters. The number of hydrogen-bond acceptors (Lipinski definition) is 4. The van der Waals surface area contributed by atoms with E-state index >= 15 is 0 Å². The van der Waals surface area contributed by atoms with Gasteiger partial charge in [0.1, 0.15) is 5.78 Å². The maximum absolute atomic E-state index is 10.5. The molecular weight excluding hydrogens is 324 g/mol. The van der Waals surface area contributed by atoms with Crippen molar-refractivity contribution >= 4 is 23.1 Å². The van der Waals surface area contributed by atoms with Crippen LogP contribution in [0.1, 0.15) is 51.9 Å². The number of ketones is 1. The Labute approximate surface area is 150 Å². The molecule has 0 spiro atoms. The number of hydrogen-bond donors (Lipinski definition) is 2. The molecule has 24 heavy (non-hydrogen) atoms. The zero-order valence-corrected chi connectivity index (χ0v) is 15.3. The lowest BCUT2D eigenvalue weighted by atomic mass is 10.1. The van der Waals surface area contributed by atoms with Gasteiger partial charge >= 0.3 is 0 Å². The number of nitrogens with one attached hydrogen (secondary N) is 1. The number of piperidine rings is 1. The van der Waals surface area contributed by atoms with E-state index in [1.54, 1.807) is 6.92 Å². The standard InChI is InChI=1S/C11H14ClN.C8H15NO2/c12-10-4-6-11(7-5-10)13-8-2-1-3-9-13;1-7(9-11)5-3-4-6-8(2)10/h4-7H,1-3,8-9H2;9,11H,1,3-6H2,2H3. The van der Waals surface area contributed by atoms with E-state index in [-0.39, 0.29) is 5.78 Å². The third-order valence-corrected chi connectivity index (χ3v) is 4.22. The third-order valence-electron chi connectivity index (χ3n) is 3.96. The van der Waals surface area contributed by atoms with Crippen molar-refractivity contribution in [3.8, 4) is 0 Å². The molecule has 0 atom stereocenters. The van der Waals surface area contributed by atoms with E-state index < -0.39 is 0 Å². The molecule has 0 bridgehead atoms. The number of nitrogens with zero attached hydrogens (tertiary/aromatic N) is 1. The number of carbonyl (C=O) groups is 1. The molecule has 1 saturated heterocycles. The van der Waals surface area contributed by atoms with E-state index in [9.17, 15) is 4.79 Å². The zero-order valence-electron chi connectivity index (χ0n) is 14.6. The van der Waals surface area contributed by atoms with Crippen molar-refractivity contribution in [2.45, 2.75) is 51.9 Å². The van der Waals surface area contributed by atoms with Crippen LogP contribution in [-0.4, -0.2) is 24.1 Å². The van der Waals surface area contributed by atoms with E-state index in [1.807, 2.05) is 17.6 Å². The van der Waals surface area contributed by atoms with Crippen LogP contribution in [0.4, 0.5) is 5.69 Å². The smallest absolute Gasteiger partial charge is 0.129 e. The molecule has 0 saturated carbocycles. The Morgan fingerprint density at radius 3 is 2.29 bits per heavy atom. The fourth-order valence-electron chi connectivity index (χ4n) is 2.57. The highest BCUT2D eigenvalue weighted by molar-refractivity contribution is 6.30. The predicted octanol–water partition coefficient (Wildman–Crippen LogP) is 4.96. The summed E-state index contributed by atoms with van der Waals surface area (Å²) in [5.41, 5.74) is 3.89. The van der Waals surface area contributed by atoms with Crippen molar-refractivity contribution in [3.63, 3.8) is 0 Å². The number of halogens is 1. The summed E-state index contributed by atoms with van der Waals surface area (Å²) in [6.45, 7) is 7.52. The minimum absolute atomic E-state index is 0.215. The number of Topliss-reactive ketones (excluding diaryl/α,β-unsaturated/α-hetero) is 1. The van der Waals surface area contributed by atoms with Crippen LogP contribution in [0.5, 0.6) is 0 Å².